The van der Waals surface area contributed by atoms with Crippen LogP contribution < -0.4 is 0 Å². The van der Waals surface area contributed by atoms with Gasteiger partial charge >= 0.3 is 0 Å². The topological polar surface area (TPSA) is 0 Å². The van der Waals surface area contributed by atoms with Gasteiger partial charge in [0, 0.05) is 21.1 Å². The van der Waals surface area contributed by atoms with E-state index in [9.17, 15) is 0 Å². The van der Waals surface area contributed by atoms with Gasteiger partial charge in [0.1, 0.15) is 0 Å². The van der Waals surface area contributed by atoms with Crippen LogP contribution in [0.25, 0.3) is 0 Å². The standard InChI is InChI=1S/C5H5.C4H11Si.3CH3.Pt/c1-2-4-5-3-1;1-5(2,3)4;;;;/h1-5H;1H2,2-4H3;3*1H3;/q5*-1;. The second-order valence-electron chi connectivity index (χ2n) is 3.52. The van der Waals surface area contributed by atoms with Crippen LogP contribution >= 0.6 is 0 Å². The third-order valence-electron chi connectivity index (χ3n) is 0.556. The van der Waals surface area contributed by atoms with Crippen molar-refractivity contribution in [3.63, 3.8) is 0 Å². The summed E-state index contributed by atoms with van der Waals surface area (Å²) < 4.78 is 0. The summed E-state index contributed by atoms with van der Waals surface area (Å²) in [4.78, 5) is 0. The molecule has 0 aromatic heterocycles. The molecular weight excluding hydrogens is 367 g/mol. The summed E-state index contributed by atoms with van der Waals surface area (Å²) in [5.41, 5.74) is 0. The molecule has 2 heteroatoms. The first-order chi connectivity index (χ1) is 4.50. The van der Waals surface area contributed by atoms with Gasteiger partial charge in [0.05, 0.1) is 0 Å². The Labute approximate surface area is 108 Å². The molecule has 0 aliphatic heterocycles. The average Bonchev–Trinajstić information content (AvgIpc) is 2.07. The maximum Gasteiger partial charge on any atom is 0 e. The van der Waals surface area contributed by atoms with Gasteiger partial charge in [-0.1, -0.05) is 19.6 Å². The zero-order valence-corrected chi connectivity index (χ0v) is 13.7. The van der Waals surface area contributed by atoms with Gasteiger partial charge in [-0.15, -0.1) is 8.07 Å². The van der Waals surface area contributed by atoms with Gasteiger partial charge in [0.15, 0.2) is 0 Å². The second kappa shape index (κ2) is 15.7. The van der Waals surface area contributed by atoms with Gasteiger partial charge in [0.2, 0.25) is 0 Å². The minimum Gasteiger partial charge on any atom is -0.358 e. The molecule has 0 saturated carbocycles. The molecule has 1 rings (SSSR count). The van der Waals surface area contributed by atoms with Crippen molar-refractivity contribution in [1.82, 2.24) is 0 Å². The first-order valence-corrected chi connectivity index (χ1v) is 7.23. The molecule has 0 amide bonds. The van der Waals surface area contributed by atoms with Crippen LogP contribution in [0.3, 0.4) is 0 Å². The summed E-state index contributed by atoms with van der Waals surface area (Å²) in [6.45, 7) is 10.6. The zero-order valence-electron chi connectivity index (χ0n) is 10.4. The molecule has 0 aliphatic rings. The molecule has 1 aromatic rings. The Morgan fingerprint density at radius 3 is 1.21 bits per heavy atom. The van der Waals surface area contributed by atoms with Crippen molar-refractivity contribution in [2.24, 2.45) is 0 Å². The average molecular weight is 392 g/mol. The van der Waals surface area contributed by atoms with Crippen LogP contribution in [0, 0.1) is 28.8 Å². The van der Waals surface area contributed by atoms with Gasteiger partial charge in [-0.05, 0) is 0 Å². The quantitative estimate of drug-likeness (QED) is 0.452. The van der Waals surface area contributed by atoms with E-state index in [1.165, 1.54) is 0 Å². The Balaban J connectivity index is -0.0000000300. The molecule has 0 atom stereocenters. The van der Waals surface area contributed by atoms with Crippen LogP contribution in [0.2, 0.25) is 19.6 Å². The Morgan fingerprint density at radius 2 is 1.14 bits per heavy atom. The van der Waals surface area contributed by atoms with E-state index in [0.717, 1.165) is 0 Å². The van der Waals surface area contributed by atoms with Crippen molar-refractivity contribution in [3.8, 4) is 0 Å². The van der Waals surface area contributed by atoms with Crippen molar-refractivity contribution in [2.45, 2.75) is 19.6 Å². The van der Waals surface area contributed by atoms with Gasteiger partial charge < -0.3 is 28.8 Å². The Hall–Kier alpha value is 0.255. The second-order valence-corrected chi connectivity index (χ2v) is 8.64. The smallest absolute Gasteiger partial charge is 0 e. The minimum absolute atomic E-state index is 0. The fourth-order valence-corrected chi connectivity index (χ4v) is 0.321. The molecule has 14 heavy (non-hydrogen) atoms. The van der Waals surface area contributed by atoms with E-state index in [2.05, 4.69) is 26.2 Å². The first-order valence-electron chi connectivity index (χ1n) is 3.52. The Bertz CT molecular complexity index is 117. The van der Waals surface area contributed by atoms with E-state index in [1.54, 1.807) is 0 Å². The molecule has 0 radical (unpaired) electrons. The maximum absolute atomic E-state index is 3.91. The van der Waals surface area contributed by atoms with Crippen LogP contribution in [-0.2, 0) is 21.1 Å². The third-order valence-corrected chi connectivity index (χ3v) is 0.556. The number of rotatable bonds is 0. The summed E-state index contributed by atoms with van der Waals surface area (Å²) in [5.74, 6) is 0. The zero-order chi connectivity index (χ0) is 8.04. The van der Waals surface area contributed by atoms with Crippen molar-refractivity contribution in [2.75, 3.05) is 0 Å². The molecule has 0 fully saturated rings. The molecule has 92 valence electrons. The van der Waals surface area contributed by atoms with Crippen LogP contribution in [0.5, 0.6) is 0 Å². The molecule has 0 unspecified atom stereocenters. The third kappa shape index (κ3) is 56.2. The number of hydrogen-bond donors (Lipinski definition) is 0. The summed E-state index contributed by atoms with van der Waals surface area (Å²) in [7, 11) is -0.861. The van der Waals surface area contributed by atoms with E-state index in [-0.39, 0.29) is 43.3 Å². The van der Waals surface area contributed by atoms with Crippen LogP contribution in [-0.4, -0.2) is 8.07 Å². The molecule has 0 spiro atoms. The fourth-order valence-electron chi connectivity index (χ4n) is 0.321. The molecule has 1 aromatic carbocycles. The molecule has 0 aliphatic carbocycles. The largest absolute Gasteiger partial charge is 0.358 e. The van der Waals surface area contributed by atoms with Crippen molar-refractivity contribution < 1.29 is 21.1 Å². The van der Waals surface area contributed by atoms with Gasteiger partial charge in [-0.3, -0.25) is 0 Å². The summed E-state index contributed by atoms with van der Waals surface area (Å²) in [6, 6.07) is 10.0. The summed E-state index contributed by atoms with van der Waals surface area (Å²) in [6.07, 6.45) is 0. The summed E-state index contributed by atoms with van der Waals surface area (Å²) in [5, 5.41) is 0. The van der Waals surface area contributed by atoms with Crippen molar-refractivity contribution >= 4 is 8.07 Å². The predicted molar refractivity (Wildman–Crippen MR) is 70.0 cm³/mol. The molecule has 0 nitrogen and oxygen atoms in total. The Kier molecular flexibility index (Phi) is 32.8. The van der Waals surface area contributed by atoms with E-state index in [1.807, 2.05) is 30.3 Å². The van der Waals surface area contributed by atoms with Gasteiger partial charge in [0.25, 0.3) is 0 Å². The molecule has 0 heterocycles. The van der Waals surface area contributed by atoms with Crippen molar-refractivity contribution in [3.05, 3.63) is 59.2 Å². The van der Waals surface area contributed by atoms with Crippen LogP contribution in [0.1, 0.15) is 0 Å². The van der Waals surface area contributed by atoms with Crippen LogP contribution in [0.4, 0.5) is 0 Å². The maximum atomic E-state index is 3.91. The predicted octanol–water partition coefficient (Wildman–Crippen LogP) is 4.45. The summed E-state index contributed by atoms with van der Waals surface area (Å²) >= 11 is 0. The Morgan fingerprint density at radius 1 is 0.929 bits per heavy atom. The van der Waals surface area contributed by atoms with Gasteiger partial charge in [-0.25, -0.2) is 12.1 Å². The number of hydrogen-bond acceptors (Lipinski definition) is 0. The monoisotopic (exact) mass is 392 g/mol. The van der Waals surface area contributed by atoms with E-state index >= 15 is 0 Å². The van der Waals surface area contributed by atoms with E-state index < -0.39 is 8.07 Å². The first kappa shape index (κ1) is 29.2. The SMILES string of the molecule is [CH2-][Si](C)(C)C.[CH3-].[CH3-].[CH3-].[Pt].c1cc[cH-]c1. The van der Waals surface area contributed by atoms with Crippen molar-refractivity contribution in [1.29, 1.82) is 0 Å². The fraction of sp³-hybridized carbons (Fsp3) is 0.250. The molecule has 0 bridgehead atoms. The minimum atomic E-state index is -0.861. The van der Waals surface area contributed by atoms with E-state index in [0.29, 0.717) is 0 Å². The van der Waals surface area contributed by atoms with E-state index in [4.69, 9.17) is 0 Å². The normalized spacial score (nSPS) is 7.14. The van der Waals surface area contributed by atoms with Gasteiger partial charge in [-0.2, -0.15) is 18.2 Å². The molecular formula is C12H25PtSi-5. The van der Waals surface area contributed by atoms with Crippen LogP contribution in [0.15, 0.2) is 30.3 Å². The molecule has 0 saturated heterocycles. The molecule has 0 N–H and O–H groups in total.